The van der Waals surface area contributed by atoms with E-state index in [1.165, 1.54) is 4.88 Å². The maximum absolute atomic E-state index is 12.8. The average molecular weight is 488 g/mol. The van der Waals surface area contributed by atoms with Crippen molar-refractivity contribution in [3.63, 3.8) is 0 Å². The fourth-order valence-electron chi connectivity index (χ4n) is 3.93. The molecule has 2 atom stereocenters. The molecule has 3 heterocycles. The number of carbonyl (C=O) groups is 1. The predicted molar refractivity (Wildman–Crippen MR) is 132 cm³/mol. The van der Waals surface area contributed by atoms with Crippen molar-refractivity contribution >= 4 is 45.7 Å². The maximum Gasteiger partial charge on any atom is 0.257 e. The van der Waals surface area contributed by atoms with Gasteiger partial charge >= 0.3 is 0 Å². The minimum absolute atomic E-state index is 0.0891. The molecule has 1 saturated heterocycles. The lowest BCUT2D eigenvalue weighted by Gasteiger charge is -2.30. The van der Waals surface area contributed by atoms with Crippen LogP contribution in [0.5, 0.6) is 5.75 Å². The number of nitrogens with one attached hydrogen (secondary N) is 2. The Hall–Kier alpha value is -2.69. The number of amides is 1. The van der Waals surface area contributed by atoms with Gasteiger partial charge in [-0.2, -0.15) is 0 Å². The Morgan fingerprint density at radius 3 is 2.52 bits per heavy atom. The Morgan fingerprint density at radius 1 is 1.18 bits per heavy atom. The van der Waals surface area contributed by atoms with Gasteiger partial charge in [-0.15, -0.1) is 11.3 Å². The van der Waals surface area contributed by atoms with E-state index in [0.717, 1.165) is 17.7 Å². The smallest absolute Gasteiger partial charge is 0.257 e. The Morgan fingerprint density at radius 2 is 1.88 bits per heavy atom. The number of aryl methyl sites for hydroxylation is 1. The Labute approximate surface area is 200 Å². The highest BCUT2D eigenvalue weighted by Crippen LogP contribution is 2.41. The van der Waals surface area contributed by atoms with Crippen molar-refractivity contribution in [1.29, 1.82) is 0 Å². The standard InChI is InChI=1S/C23H29N5O3S2/c1-14-10-11-17(32-14)19(23(2,3)4)25-21-20(26-33(31)27-21)24-16-9-7-8-15(18(16)29)22(30)28-12-5-6-13-28/h7-11,19,29H,5-6,12-13H2,1-4H3,(H,24,26)(H,25,27)/t19-,33?/m0/s1. The fraction of sp³-hybridized carbons (Fsp3) is 0.435. The topological polar surface area (TPSA) is 113 Å². The number of aromatic hydroxyl groups is 1. The third kappa shape index (κ3) is 5.13. The first-order valence-corrected chi connectivity index (χ1v) is 12.8. The monoisotopic (exact) mass is 487 g/mol. The largest absolute Gasteiger partial charge is 0.546 e. The molecule has 8 nitrogen and oxygen atoms in total. The van der Waals surface area contributed by atoms with Crippen LogP contribution in [0.1, 0.15) is 59.8 Å². The lowest BCUT2D eigenvalue weighted by molar-refractivity contribution is 0.0790. The minimum atomic E-state index is -1.78. The molecule has 33 heavy (non-hydrogen) atoms. The lowest BCUT2D eigenvalue weighted by atomic mass is 9.86. The number of para-hydroxylation sites is 1. The van der Waals surface area contributed by atoms with E-state index in [0.29, 0.717) is 24.6 Å². The summed E-state index contributed by atoms with van der Waals surface area (Å²) in [5, 5.41) is 17.3. The summed E-state index contributed by atoms with van der Waals surface area (Å²) in [4.78, 5) is 16.9. The molecule has 1 amide bonds. The number of phenolic OH excluding ortho intramolecular Hbond substituents is 1. The van der Waals surface area contributed by atoms with Crippen LogP contribution in [0.2, 0.25) is 0 Å². The first-order valence-electron chi connectivity index (χ1n) is 10.9. The number of aromatic nitrogens is 2. The lowest BCUT2D eigenvalue weighted by Crippen LogP contribution is -2.27. The molecule has 0 aliphatic carbocycles. The van der Waals surface area contributed by atoms with Crippen LogP contribution in [-0.4, -0.2) is 42.3 Å². The first-order chi connectivity index (χ1) is 15.6. The quantitative estimate of drug-likeness (QED) is 0.312. The van der Waals surface area contributed by atoms with Crippen molar-refractivity contribution in [3.05, 3.63) is 45.6 Å². The third-order valence-electron chi connectivity index (χ3n) is 5.67. The second-order valence-corrected chi connectivity index (χ2v) is 11.5. The molecular formula is C23H29N5O3S2. The van der Waals surface area contributed by atoms with E-state index >= 15 is 0 Å². The number of hydrogen-bond donors (Lipinski definition) is 3. The Balaban J connectivity index is 1.62. The van der Waals surface area contributed by atoms with E-state index in [1.807, 2.05) is 0 Å². The van der Waals surface area contributed by atoms with Crippen molar-refractivity contribution in [3.8, 4) is 5.75 Å². The molecule has 0 radical (unpaired) electrons. The minimum Gasteiger partial charge on any atom is -0.546 e. The molecule has 1 aromatic carbocycles. The normalized spacial score (nSPS) is 15.5. The summed E-state index contributed by atoms with van der Waals surface area (Å²) in [5.41, 5.74) is 0.389. The maximum atomic E-state index is 12.8. The molecule has 0 bridgehead atoms. The molecule has 176 valence electrons. The highest BCUT2D eigenvalue weighted by molar-refractivity contribution is 7.14. The molecule has 0 saturated carbocycles. The number of carbonyl (C=O) groups excluding carboxylic acids is 1. The van der Waals surface area contributed by atoms with E-state index in [9.17, 15) is 14.5 Å². The van der Waals surface area contributed by atoms with Crippen LogP contribution in [0.25, 0.3) is 0 Å². The van der Waals surface area contributed by atoms with Crippen LogP contribution in [0.15, 0.2) is 30.3 Å². The highest BCUT2D eigenvalue weighted by Gasteiger charge is 2.31. The number of rotatable bonds is 6. The zero-order valence-electron chi connectivity index (χ0n) is 19.2. The molecule has 2 aromatic heterocycles. The van der Waals surface area contributed by atoms with Crippen molar-refractivity contribution in [2.75, 3.05) is 23.7 Å². The number of thiophene rings is 1. The van der Waals surface area contributed by atoms with Gasteiger partial charge in [0.25, 0.3) is 5.91 Å². The molecule has 1 fully saturated rings. The summed E-state index contributed by atoms with van der Waals surface area (Å²) >= 11 is -0.0803. The SMILES string of the molecule is Cc1ccc([C@H](Nc2n[s+]([O-])nc2Nc2cccc(C(=O)N3CCCC3)c2O)C(C)(C)C)s1. The van der Waals surface area contributed by atoms with Crippen molar-refractivity contribution < 1.29 is 14.5 Å². The Bertz CT molecular complexity index is 1150. The van der Waals surface area contributed by atoms with Crippen LogP contribution in [-0.2, 0) is 0 Å². The summed E-state index contributed by atoms with van der Waals surface area (Å²) < 4.78 is 20.5. The molecule has 3 aromatic rings. The van der Waals surface area contributed by atoms with Crippen molar-refractivity contribution in [2.24, 2.45) is 5.41 Å². The average Bonchev–Trinajstić information content (AvgIpc) is 3.48. The second kappa shape index (κ2) is 9.28. The molecule has 1 aliphatic heterocycles. The van der Waals surface area contributed by atoms with Gasteiger partial charge in [0.15, 0.2) is 16.9 Å². The van der Waals surface area contributed by atoms with E-state index in [1.54, 1.807) is 34.4 Å². The van der Waals surface area contributed by atoms with E-state index in [2.05, 4.69) is 59.2 Å². The summed E-state index contributed by atoms with van der Waals surface area (Å²) in [5.74, 6) is 0.265. The van der Waals surface area contributed by atoms with E-state index in [-0.39, 0.29) is 34.5 Å². The van der Waals surface area contributed by atoms with Crippen LogP contribution < -0.4 is 10.6 Å². The van der Waals surface area contributed by atoms with Gasteiger partial charge < -0.3 is 25.2 Å². The number of anilines is 3. The van der Waals surface area contributed by atoms with Crippen LogP contribution in [0.4, 0.5) is 17.3 Å². The number of likely N-dealkylation sites (tertiary alicyclic amines) is 1. The number of hydrogen-bond acceptors (Lipinski definition) is 8. The number of phenols is 1. The van der Waals surface area contributed by atoms with Gasteiger partial charge in [0, 0.05) is 31.6 Å². The summed E-state index contributed by atoms with van der Waals surface area (Å²) in [6.45, 7) is 9.81. The molecule has 10 heteroatoms. The van der Waals surface area contributed by atoms with E-state index < -0.39 is 11.1 Å². The summed E-state index contributed by atoms with van der Waals surface area (Å²) in [6.07, 6.45) is 1.94. The van der Waals surface area contributed by atoms with Gasteiger partial charge in [-0.05, 0) is 49.4 Å². The fourth-order valence-corrected chi connectivity index (χ4v) is 5.73. The molecular weight excluding hydrogens is 458 g/mol. The van der Waals surface area contributed by atoms with Gasteiger partial charge in [0.1, 0.15) is 0 Å². The van der Waals surface area contributed by atoms with Gasteiger partial charge in [-0.1, -0.05) is 26.8 Å². The molecule has 0 spiro atoms. The first kappa shape index (κ1) is 23.5. The van der Waals surface area contributed by atoms with Gasteiger partial charge in [0.2, 0.25) is 11.6 Å². The number of nitrogens with zero attached hydrogens (tertiary/aromatic N) is 3. The van der Waals surface area contributed by atoms with Gasteiger partial charge in [-0.25, -0.2) is 0 Å². The van der Waals surface area contributed by atoms with Crippen LogP contribution >= 0.6 is 22.5 Å². The third-order valence-corrected chi connectivity index (χ3v) is 7.41. The number of benzene rings is 1. The van der Waals surface area contributed by atoms with Crippen molar-refractivity contribution in [2.45, 2.75) is 46.6 Å². The van der Waals surface area contributed by atoms with Crippen LogP contribution in [0, 0.1) is 12.3 Å². The van der Waals surface area contributed by atoms with Crippen LogP contribution in [0.3, 0.4) is 0 Å². The highest BCUT2D eigenvalue weighted by atomic mass is 32.2. The van der Waals surface area contributed by atoms with Gasteiger partial charge in [-0.3, -0.25) is 4.79 Å². The molecule has 4 rings (SSSR count). The summed E-state index contributed by atoms with van der Waals surface area (Å²) in [7, 11) is 0. The zero-order valence-corrected chi connectivity index (χ0v) is 20.8. The molecule has 1 aliphatic rings. The van der Waals surface area contributed by atoms with Gasteiger partial charge in [0.05, 0.1) is 17.3 Å². The second-order valence-electron chi connectivity index (χ2n) is 9.33. The predicted octanol–water partition coefficient (Wildman–Crippen LogP) is 5.46. The zero-order chi connectivity index (χ0) is 23.8. The summed E-state index contributed by atoms with van der Waals surface area (Å²) in [6, 6.07) is 9.03. The molecule has 1 unspecified atom stereocenters. The Kier molecular flexibility index (Phi) is 6.60. The van der Waals surface area contributed by atoms with Crippen molar-refractivity contribution in [1.82, 2.24) is 13.6 Å². The molecule has 3 N–H and O–H groups in total. The van der Waals surface area contributed by atoms with E-state index in [4.69, 9.17) is 0 Å².